The van der Waals surface area contributed by atoms with Crippen LogP contribution in [0.5, 0.6) is 0 Å². The minimum Gasteiger partial charge on any atom is -0.469 e. The minimum atomic E-state index is 0.501. The Morgan fingerprint density at radius 3 is 3.00 bits per heavy atom. The summed E-state index contributed by atoms with van der Waals surface area (Å²) in [6, 6.07) is 10.8. The fourth-order valence-corrected chi connectivity index (χ4v) is 3.08. The van der Waals surface area contributed by atoms with Crippen molar-refractivity contribution in [1.29, 1.82) is 0 Å². The van der Waals surface area contributed by atoms with Gasteiger partial charge in [0.1, 0.15) is 5.76 Å². The van der Waals surface area contributed by atoms with E-state index in [-0.39, 0.29) is 0 Å². The van der Waals surface area contributed by atoms with Gasteiger partial charge in [-0.2, -0.15) is 0 Å². The van der Waals surface area contributed by atoms with E-state index >= 15 is 0 Å². The Morgan fingerprint density at radius 2 is 2.20 bits per heavy atom. The zero-order chi connectivity index (χ0) is 13.6. The van der Waals surface area contributed by atoms with Crippen molar-refractivity contribution in [1.82, 2.24) is 9.88 Å². The first-order chi connectivity index (χ1) is 9.93. The lowest BCUT2D eigenvalue weighted by molar-refractivity contribution is 0.143. The molecule has 1 fully saturated rings. The van der Waals surface area contributed by atoms with Crippen LogP contribution in [-0.4, -0.2) is 23.0 Å². The van der Waals surface area contributed by atoms with E-state index < -0.39 is 0 Å². The van der Waals surface area contributed by atoms with Crippen molar-refractivity contribution in [2.24, 2.45) is 0 Å². The van der Waals surface area contributed by atoms with Gasteiger partial charge in [-0.25, -0.2) is 0 Å². The molecule has 1 atom stereocenters. The molecule has 3 nitrogen and oxygen atoms in total. The molecule has 0 bridgehead atoms. The van der Waals surface area contributed by atoms with Crippen molar-refractivity contribution in [2.75, 3.05) is 13.1 Å². The molecule has 0 aromatic carbocycles. The molecule has 0 amide bonds. The van der Waals surface area contributed by atoms with Crippen LogP contribution in [0, 0.1) is 0 Å². The highest BCUT2D eigenvalue weighted by molar-refractivity contribution is 5.09. The predicted octanol–water partition coefficient (Wildman–Crippen LogP) is 3.83. The molecule has 0 aliphatic carbocycles. The lowest BCUT2D eigenvalue weighted by atomic mass is 9.98. The third-order valence-electron chi connectivity index (χ3n) is 4.09. The van der Waals surface area contributed by atoms with E-state index in [1.54, 1.807) is 6.26 Å². The Hall–Kier alpha value is -1.61. The maximum absolute atomic E-state index is 5.40. The third-order valence-corrected chi connectivity index (χ3v) is 4.09. The second-order valence-electron chi connectivity index (χ2n) is 5.49. The maximum Gasteiger partial charge on any atom is 0.103 e. The zero-order valence-corrected chi connectivity index (χ0v) is 11.9. The predicted molar refractivity (Wildman–Crippen MR) is 79.4 cm³/mol. The van der Waals surface area contributed by atoms with Gasteiger partial charge in [-0.05, 0) is 56.6 Å². The van der Waals surface area contributed by atoms with Crippen LogP contribution in [0.2, 0.25) is 0 Å². The van der Waals surface area contributed by atoms with Gasteiger partial charge in [0.15, 0.2) is 0 Å². The Morgan fingerprint density at radius 1 is 1.20 bits per heavy atom. The molecule has 0 spiro atoms. The van der Waals surface area contributed by atoms with Gasteiger partial charge in [-0.1, -0.05) is 12.5 Å². The molecule has 0 N–H and O–H groups in total. The van der Waals surface area contributed by atoms with Gasteiger partial charge in [-0.3, -0.25) is 9.88 Å². The van der Waals surface area contributed by atoms with Crippen LogP contribution in [0.25, 0.3) is 0 Å². The molecule has 1 aliphatic rings. The number of pyridine rings is 1. The second kappa shape index (κ2) is 6.71. The third kappa shape index (κ3) is 3.28. The molecule has 3 rings (SSSR count). The smallest absolute Gasteiger partial charge is 0.103 e. The fourth-order valence-electron chi connectivity index (χ4n) is 3.08. The molecule has 20 heavy (non-hydrogen) atoms. The van der Waals surface area contributed by atoms with E-state index in [0.717, 1.165) is 25.1 Å². The Bertz CT molecular complexity index is 495. The first kappa shape index (κ1) is 13.4. The highest BCUT2D eigenvalue weighted by Gasteiger charge is 2.24. The van der Waals surface area contributed by atoms with Crippen LogP contribution in [0.15, 0.2) is 47.2 Å². The number of aryl methyl sites for hydroxylation is 1. The summed E-state index contributed by atoms with van der Waals surface area (Å²) in [7, 11) is 0. The largest absolute Gasteiger partial charge is 0.469 e. The molecule has 3 heteroatoms. The van der Waals surface area contributed by atoms with Crippen molar-refractivity contribution in [3.8, 4) is 0 Å². The van der Waals surface area contributed by atoms with Crippen LogP contribution < -0.4 is 0 Å². The van der Waals surface area contributed by atoms with E-state index in [1.165, 1.54) is 31.5 Å². The lowest BCUT2D eigenvalue weighted by Crippen LogP contribution is -2.34. The van der Waals surface area contributed by atoms with Crippen molar-refractivity contribution < 1.29 is 4.42 Å². The van der Waals surface area contributed by atoms with Crippen LogP contribution in [0.3, 0.4) is 0 Å². The summed E-state index contributed by atoms with van der Waals surface area (Å²) in [5.41, 5.74) is 1.23. The van der Waals surface area contributed by atoms with Gasteiger partial charge in [0.2, 0.25) is 0 Å². The van der Waals surface area contributed by atoms with E-state index in [0.29, 0.717) is 6.04 Å². The summed E-state index contributed by atoms with van der Waals surface area (Å²) >= 11 is 0. The van der Waals surface area contributed by atoms with Gasteiger partial charge in [0.25, 0.3) is 0 Å². The zero-order valence-electron chi connectivity index (χ0n) is 11.9. The number of nitrogens with zero attached hydrogens (tertiary/aromatic N) is 2. The molecule has 2 aromatic rings. The average Bonchev–Trinajstić information content (AvgIpc) is 3.02. The van der Waals surface area contributed by atoms with Crippen molar-refractivity contribution in [3.63, 3.8) is 0 Å². The highest BCUT2D eigenvalue weighted by Crippen LogP contribution is 2.29. The van der Waals surface area contributed by atoms with Crippen LogP contribution in [0.1, 0.15) is 43.2 Å². The normalized spacial score (nSPS) is 20.1. The summed E-state index contributed by atoms with van der Waals surface area (Å²) in [5.74, 6) is 1.09. The number of hydrogen-bond acceptors (Lipinski definition) is 3. The Labute approximate surface area is 120 Å². The summed E-state index contributed by atoms with van der Waals surface area (Å²) < 4.78 is 5.40. The molecule has 106 valence electrons. The van der Waals surface area contributed by atoms with E-state index in [9.17, 15) is 0 Å². The summed E-state index contributed by atoms with van der Waals surface area (Å²) in [6.07, 6.45) is 9.70. The second-order valence-corrected chi connectivity index (χ2v) is 5.49. The molecule has 0 unspecified atom stereocenters. The summed E-state index contributed by atoms with van der Waals surface area (Å²) in [4.78, 5) is 7.14. The summed E-state index contributed by atoms with van der Waals surface area (Å²) in [5, 5.41) is 0. The molecule has 1 saturated heterocycles. The number of piperidine rings is 1. The number of rotatable bonds is 5. The molecule has 2 aromatic heterocycles. The Balaban J connectivity index is 1.58. The first-order valence-corrected chi connectivity index (χ1v) is 7.61. The van der Waals surface area contributed by atoms with Crippen LogP contribution in [0.4, 0.5) is 0 Å². The topological polar surface area (TPSA) is 29.3 Å². The monoisotopic (exact) mass is 270 g/mol. The van der Waals surface area contributed by atoms with Gasteiger partial charge in [0.05, 0.1) is 18.0 Å². The van der Waals surface area contributed by atoms with Crippen molar-refractivity contribution in [3.05, 3.63) is 54.2 Å². The van der Waals surface area contributed by atoms with Crippen LogP contribution in [-0.2, 0) is 6.42 Å². The molecular formula is C17H22N2O. The maximum atomic E-state index is 5.40. The number of hydrogen-bond donors (Lipinski definition) is 0. The van der Waals surface area contributed by atoms with Crippen LogP contribution >= 0.6 is 0 Å². The van der Waals surface area contributed by atoms with Gasteiger partial charge in [-0.15, -0.1) is 0 Å². The van der Waals surface area contributed by atoms with Crippen molar-refractivity contribution >= 4 is 0 Å². The lowest BCUT2D eigenvalue weighted by Gasteiger charge is -2.35. The number of likely N-dealkylation sites (tertiary alicyclic amines) is 1. The molecule has 3 heterocycles. The van der Waals surface area contributed by atoms with Gasteiger partial charge >= 0.3 is 0 Å². The van der Waals surface area contributed by atoms with Gasteiger partial charge in [0, 0.05) is 12.6 Å². The van der Waals surface area contributed by atoms with E-state index in [1.807, 2.05) is 18.3 Å². The SMILES string of the molecule is c1ccc([C@@H]2CCCCN2CCCc2ccco2)nc1. The number of aromatic nitrogens is 1. The standard InChI is InChI=1S/C17H22N2O/c1-3-11-18-16(9-1)17-10-2-4-12-19(17)13-5-7-15-8-6-14-20-15/h1,3,6,8-9,11,14,17H,2,4-5,7,10,12-13H2/t17-/m0/s1. The van der Waals surface area contributed by atoms with E-state index in [2.05, 4.69) is 28.1 Å². The van der Waals surface area contributed by atoms with E-state index in [4.69, 9.17) is 4.42 Å². The minimum absolute atomic E-state index is 0.501. The van der Waals surface area contributed by atoms with Crippen molar-refractivity contribution in [2.45, 2.75) is 38.1 Å². The van der Waals surface area contributed by atoms with Gasteiger partial charge < -0.3 is 4.42 Å². The quantitative estimate of drug-likeness (QED) is 0.826. The number of furan rings is 1. The first-order valence-electron chi connectivity index (χ1n) is 7.61. The Kier molecular flexibility index (Phi) is 4.49. The summed E-state index contributed by atoms with van der Waals surface area (Å²) in [6.45, 7) is 2.32. The fraction of sp³-hybridized carbons (Fsp3) is 0.471. The highest BCUT2D eigenvalue weighted by atomic mass is 16.3. The molecular weight excluding hydrogens is 248 g/mol. The molecule has 0 saturated carbocycles. The molecule has 0 radical (unpaired) electrons. The average molecular weight is 270 g/mol. The molecule has 1 aliphatic heterocycles.